The van der Waals surface area contributed by atoms with E-state index in [-0.39, 0.29) is 35.6 Å². The first-order chi connectivity index (χ1) is 18.6. The number of halogens is 1. The zero-order valence-corrected chi connectivity index (χ0v) is 22.4. The van der Waals surface area contributed by atoms with Crippen molar-refractivity contribution >= 4 is 40.7 Å². The third-order valence-electron chi connectivity index (χ3n) is 8.53. The molecule has 1 saturated heterocycles. The van der Waals surface area contributed by atoms with Gasteiger partial charge in [-0.25, -0.2) is 4.90 Å². The summed E-state index contributed by atoms with van der Waals surface area (Å²) < 4.78 is 5.58. The Kier molecular flexibility index (Phi) is 5.88. The summed E-state index contributed by atoms with van der Waals surface area (Å²) in [5.74, 6) is -3.56. The average molecular weight is 544 g/mol. The fourth-order valence-electron chi connectivity index (χ4n) is 6.69. The molecule has 1 aliphatic heterocycles. The maximum absolute atomic E-state index is 14.0. The molecular weight excluding hydrogens is 518 g/mol. The number of phenolic OH excluding ortho intramolecular Hbond substituents is 1. The number of ketones is 2. The summed E-state index contributed by atoms with van der Waals surface area (Å²) in [7, 11) is 1.47. The van der Waals surface area contributed by atoms with Crippen LogP contribution in [0.15, 0.2) is 70.8 Å². The van der Waals surface area contributed by atoms with Gasteiger partial charge in [-0.1, -0.05) is 35.4 Å². The van der Waals surface area contributed by atoms with Crippen molar-refractivity contribution in [3.63, 3.8) is 0 Å². The number of ether oxygens (including phenoxy) is 1. The first-order valence-electron chi connectivity index (χ1n) is 12.8. The minimum absolute atomic E-state index is 0.0776. The van der Waals surface area contributed by atoms with Crippen molar-refractivity contribution in [1.29, 1.82) is 0 Å². The number of carbonyl (C=O) groups excluding carboxylic acids is 4. The number of amides is 2. The molecule has 2 amide bonds. The molecule has 39 heavy (non-hydrogen) atoms. The highest BCUT2D eigenvalue weighted by molar-refractivity contribution is 6.32. The molecule has 7 nitrogen and oxygen atoms in total. The number of benzene rings is 2. The summed E-state index contributed by atoms with van der Waals surface area (Å²) in [6.07, 6.45) is 3.70. The van der Waals surface area contributed by atoms with Gasteiger partial charge >= 0.3 is 0 Å². The monoisotopic (exact) mass is 543 g/mol. The van der Waals surface area contributed by atoms with Gasteiger partial charge in [-0.15, -0.1) is 0 Å². The van der Waals surface area contributed by atoms with Crippen LogP contribution in [-0.2, 0) is 19.2 Å². The summed E-state index contributed by atoms with van der Waals surface area (Å²) in [6.45, 7) is 3.44. The van der Waals surface area contributed by atoms with Crippen LogP contribution in [0.25, 0.3) is 0 Å². The van der Waals surface area contributed by atoms with Crippen LogP contribution in [0.2, 0.25) is 5.02 Å². The predicted molar refractivity (Wildman–Crippen MR) is 145 cm³/mol. The Labute approximate surface area is 230 Å². The topological polar surface area (TPSA) is 101 Å². The van der Waals surface area contributed by atoms with Gasteiger partial charge in [0, 0.05) is 33.2 Å². The molecule has 0 saturated carbocycles. The van der Waals surface area contributed by atoms with Crippen molar-refractivity contribution in [2.24, 2.45) is 17.8 Å². The van der Waals surface area contributed by atoms with Crippen molar-refractivity contribution in [3.8, 4) is 11.5 Å². The van der Waals surface area contributed by atoms with E-state index in [0.717, 1.165) is 11.1 Å². The van der Waals surface area contributed by atoms with E-state index in [1.165, 1.54) is 24.2 Å². The second-order valence-corrected chi connectivity index (χ2v) is 11.0. The minimum atomic E-state index is -0.789. The molecule has 6 rings (SSSR count). The lowest BCUT2D eigenvalue weighted by Crippen LogP contribution is -2.40. The Morgan fingerprint density at radius 2 is 1.79 bits per heavy atom. The first kappa shape index (κ1) is 25.3. The second kappa shape index (κ2) is 9.06. The quantitative estimate of drug-likeness (QED) is 0.332. The molecule has 4 aliphatic rings. The standard InChI is InChI=1S/C31H26ClNO6/c1-14-7-8-16(12-21(14)32)33-30(37)18-10-9-17-19(25(18)31(33)38)13-20-26(23(35)11-15(2)29(20)36)27(17)28-22(34)5-4-6-24(28)39-3/h4-9,11-12,18-19,25,27,34H,10,13H2,1-3H3/t18-,19+,25-,27-/m0/s1. The number of hydrogen-bond donors (Lipinski definition) is 1. The molecular formula is C31H26ClNO6. The van der Waals surface area contributed by atoms with E-state index in [2.05, 4.69) is 0 Å². The van der Waals surface area contributed by atoms with Crippen molar-refractivity contribution in [3.05, 3.63) is 87.0 Å². The molecule has 0 spiro atoms. The summed E-state index contributed by atoms with van der Waals surface area (Å²) in [5.41, 5.74) is 3.31. The van der Waals surface area contributed by atoms with Crippen LogP contribution >= 0.6 is 11.6 Å². The van der Waals surface area contributed by atoms with E-state index in [0.29, 0.717) is 45.2 Å². The SMILES string of the molecule is COc1cccc(O)c1[C@H]1C2=CC[C@@H]3C(=O)N(c4ccc(C)c(Cl)c4)C(=O)[C@@H]3[C@@H]2CC2=C1C(=O)C=C(C)C2=O. The van der Waals surface area contributed by atoms with Gasteiger partial charge in [0.25, 0.3) is 0 Å². The van der Waals surface area contributed by atoms with Crippen molar-refractivity contribution < 1.29 is 29.0 Å². The predicted octanol–water partition coefficient (Wildman–Crippen LogP) is 5.00. The first-order valence-corrected chi connectivity index (χ1v) is 13.2. The van der Waals surface area contributed by atoms with E-state index in [1.807, 2.05) is 13.0 Å². The van der Waals surface area contributed by atoms with Gasteiger partial charge in [0.15, 0.2) is 11.6 Å². The van der Waals surface area contributed by atoms with Crippen LogP contribution in [0, 0.1) is 24.7 Å². The lowest BCUT2D eigenvalue weighted by molar-refractivity contribution is -0.123. The van der Waals surface area contributed by atoms with E-state index in [1.54, 1.807) is 37.3 Å². The summed E-state index contributed by atoms with van der Waals surface area (Å²) in [4.78, 5) is 55.6. The number of imide groups is 1. The van der Waals surface area contributed by atoms with Gasteiger partial charge < -0.3 is 9.84 Å². The number of anilines is 1. The van der Waals surface area contributed by atoms with Crippen LogP contribution < -0.4 is 9.64 Å². The molecule has 8 heteroatoms. The number of carbonyl (C=O) groups is 4. The van der Waals surface area contributed by atoms with Crippen LogP contribution in [0.4, 0.5) is 5.69 Å². The lowest BCUT2D eigenvalue weighted by Gasteiger charge is -2.42. The Hall–Kier alpha value is -3.97. The fraction of sp³-hybridized carbons (Fsp3) is 0.290. The van der Waals surface area contributed by atoms with E-state index in [9.17, 15) is 24.3 Å². The molecule has 1 heterocycles. The molecule has 0 aromatic heterocycles. The maximum atomic E-state index is 14.0. The van der Waals surface area contributed by atoms with Gasteiger partial charge in [0.2, 0.25) is 11.8 Å². The number of phenols is 1. The van der Waals surface area contributed by atoms with Gasteiger partial charge in [0.05, 0.1) is 24.6 Å². The number of rotatable bonds is 3. The molecule has 198 valence electrons. The molecule has 3 aliphatic carbocycles. The number of aromatic hydroxyl groups is 1. The zero-order valence-electron chi connectivity index (χ0n) is 21.7. The third-order valence-corrected chi connectivity index (χ3v) is 8.93. The molecule has 2 aromatic carbocycles. The van der Waals surface area contributed by atoms with Gasteiger partial charge in [-0.3, -0.25) is 19.2 Å². The molecule has 0 unspecified atom stereocenters. The average Bonchev–Trinajstić information content (AvgIpc) is 3.17. The molecule has 1 fully saturated rings. The van der Waals surface area contributed by atoms with Crippen molar-refractivity contribution in [1.82, 2.24) is 0 Å². The normalized spacial score (nSPS) is 26.2. The molecule has 1 N–H and O–H groups in total. The Bertz CT molecular complexity index is 1600. The third kappa shape index (κ3) is 3.63. The van der Waals surface area contributed by atoms with E-state index in [4.69, 9.17) is 16.3 Å². The summed E-state index contributed by atoms with van der Waals surface area (Å²) in [5, 5.41) is 11.5. The van der Waals surface area contributed by atoms with Crippen LogP contribution in [0.1, 0.15) is 36.8 Å². The summed E-state index contributed by atoms with van der Waals surface area (Å²) >= 11 is 6.33. The van der Waals surface area contributed by atoms with Crippen molar-refractivity contribution in [2.75, 3.05) is 12.0 Å². The second-order valence-electron chi connectivity index (χ2n) is 10.6. The number of methoxy groups -OCH3 is 1. The van der Waals surface area contributed by atoms with Crippen molar-refractivity contribution in [2.45, 2.75) is 32.6 Å². The number of hydrogen-bond acceptors (Lipinski definition) is 6. The van der Waals surface area contributed by atoms with E-state index < -0.39 is 23.7 Å². The van der Waals surface area contributed by atoms with Gasteiger partial charge in [-0.05, 0) is 68.5 Å². The van der Waals surface area contributed by atoms with Crippen LogP contribution in [0.3, 0.4) is 0 Å². The molecule has 2 aromatic rings. The zero-order chi connectivity index (χ0) is 27.7. The van der Waals surface area contributed by atoms with E-state index >= 15 is 0 Å². The summed E-state index contributed by atoms with van der Waals surface area (Å²) in [6, 6.07) is 9.93. The number of Topliss-reactive ketones (excluding diaryl/α,β-unsaturated/α-hetero) is 1. The highest BCUT2D eigenvalue weighted by atomic mass is 35.5. The lowest BCUT2D eigenvalue weighted by atomic mass is 9.59. The Balaban J connectivity index is 1.52. The van der Waals surface area contributed by atoms with Gasteiger partial charge in [0.1, 0.15) is 11.5 Å². The number of aryl methyl sites for hydroxylation is 1. The number of fused-ring (bicyclic) bond motifs is 3. The Morgan fingerprint density at radius 1 is 1.03 bits per heavy atom. The van der Waals surface area contributed by atoms with Gasteiger partial charge in [-0.2, -0.15) is 0 Å². The largest absolute Gasteiger partial charge is 0.507 e. The Morgan fingerprint density at radius 3 is 2.51 bits per heavy atom. The smallest absolute Gasteiger partial charge is 0.238 e. The highest BCUT2D eigenvalue weighted by Gasteiger charge is 2.57. The number of allylic oxidation sites excluding steroid dienone is 6. The highest BCUT2D eigenvalue weighted by Crippen LogP contribution is 2.57. The molecule has 0 radical (unpaired) electrons. The van der Waals surface area contributed by atoms with Crippen LogP contribution in [-0.4, -0.2) is 35.6 Å². The minimum Gasteiger partial charge on any atom is -0.507 e. The number of nitrogens with zero attached hydrogens (tertiary/aromatic N) is 1. The molecule has 4 atom stereocenters. The fourth-order valence-corrected chi connectivity index (χ4v) is 6.86. The maximum Gasteiger partial charge on any atom is 0.238 e. The molecule has 0 bridgehead atoms. The van der Waals surface area contributed by atoms with Crippen LogP contribution in [0.5, 0.6) is 11.5 Å².